The standard InChI is InChI=1S/C12H13N3O2/c1-9-11(12(16)17)8-15(14-9)7-4-10-2-5-13-6-3-10/h2-3,5-6,8H,4,7H2,1H3,(H,16,17). The Bertz CT molecular complexity index is 520. The summed E-state index contributed by atoms with van der Waals surface area (Å²) >= 11 is 0. The predicted molar refractivity (Wildman–Crippen MR) is 61.9 cm³/mol. The molecule has 2 rings (SSSR count). The van der Waals surface area contributed by atoms with Crippen LogP contribution in [-0.4, -0.2) is 25.8 Å². The fourth-order valence-corrected chi connectivity index (χ4v) is 1.64. The minimum Gasteiger partial charge on any atom is -0.478 e. The van der Waals surface area contributed by atoms with Crippen LogP contribution in [0.5, 0.6) is 0 Å². The van der Waals surface area contributed by atoms with E-state index in [9.17, 15) is 4.79 Å². The van der Waals surface area contributed by atoms with Gasteiger partial charge in [0.1, 0.15) is 5.56 Å². The van der Waals surface area contributed by atoms with Crippen molar-refractivity contribution < 1.29 is 9.90 Å². The molecule has 0 saturated heterocycles. The Balaban J connectivity index is 2.05. The Morgan fingerprint density at radius 3 is 2.71 bits per heavy atom. The number of aromatic nitrogens is 3. The zero-order valence-corrected chi connectivity index (χ0v) is 9.50. The first-order valence-electron chi connectivity index (χ1n) is 5.33. The van der Waals surface area contributed by atoms with Crippen LogP contribution in [0.3, 0.4) is 0 Å². The van der Waals surface area contributed by atoms with E-state index in [0.29, 0.717) is 12.2 Å². The maximum Gasteiger partial charge on any atom is 0.339 e. The van der Waals surface area contributed by atoms with E-state index in [2.05, 4.69) is 10.1 Å². The molecule has 0 aliphatic rings. The molecule has 0 spiro atoms. The summed E-state index contributed by atoms with van der Waals surface area (Å²) in [6.45, 7) is 2.37. The second-order valence-electron chi connectivity index (χ2n) is 3.80. The number of hydrogen-bond acceptors (Lipinski definition) is 3. The third-order valence-corrected chi connectivity index (χ3v) is 2.56. The fourth-order valence-electron chi connectivity index (χ4n) is 1.64. The lowest BCUT2D eigenvalue weighted by Crippen LogP contribution is -2.02. The van der Waals surface area contributed by atoms with Crippen molar-refractivity contribution in [3.63, 3.8) is 0 Å². The van der Waals surface area contributed by atoms with Crippen molar-refractivity contribution in [2.75, 3.05) is 0 Å². The van der Waals surface area contributed by atoms with Crippen LogP contribution < -0.4 is 0 Å². The largest absolute Gasteiger partial charge is 0.478 e. The van der Waals surface area contributed by atoms with Gasteiger partial charge in [0.15, 0.2) is 0 Å². The lowest BCUT2D eigenvalue weighted by Gasteiger charge is -2.01. The molecule has 0 fully saturated rings. The summed E-state index contributed by atoms with van der Waals surface area (Å²) in [5.41, 5.74) is 1.97. The molecular weight excluding hydrogens is 218 g/mol. The lowest BCUT2D eigenvalue weighted by molar-refractivity contribution is 0.0696. The van der Waals surface area contributed by atoms with Crippen molar-refractivity contribution >= 4 is 5.97 Å². The zero-order chi connectivity index (χ0) is 12.3. The van der Waals surface area contributed by atoms with Crippen molar-refractivity contribution in [2.45, 2.75) is 19.9 Å². The highest BCUT2D eigenvalue weighted by Crippen LogP contribution is 2.07. The first-order valence-corrected chi connectivity index (χ1v) is 5.33. The highest BCUT2D eigenvalue weighted by Gasteiger charge is 2.11. The van der Waals surface area contributed by atoms with Gasteiger partial charge in [-0.2, -0.15) is 5.10 Å². The molecule has 5 nitrogen and oxygen atoms in total. The van der Waals surface area contributed by atoms with Crippen LogP contribution in [0.2, 0.25) is 0 Å². The Kier molecular flexibility index (Phi) is 3.18. The number of rotatable bonds is 4. The van der Waals surface area contributed by atoms with Gasteiger partial charge in [-0.3, -0.25) is 9.67 Å². The molecule has 0 radical (unpaired) electrons. The molecule has 5 heteroatoms. The Hall–Kier alpha value is -2.17. The molecule has 0 aliphatic heterocycles. The van der Waals surface area contributed by atoms with Crippen molar-refractivity contribution in [3.8, 4) is 0 Å². The van der Waals surface area contributed by atoms with E-state index in [4.69, 9.17) is 5.11 Å². The highest BCUT2D eigenvalue weighted by molar-refractivity contribution is 5.88. The van der Waals surface area contributed by atoms with Crippen molar-refractivity contribution in [3.05, 3.63) is 47.5 Å². The van der Waals surface area contributed by atoms with Gasteiger partial charge in [0.2, 0.25) is 0 Å². The molecule has 1 N–H and O–H groups in total. The van der Waals surface area contributed by atoms with Gasteiger partial charge >= 0.3 is 5.97 Å². The third kappa shape index (κ3) is 2.69. The summed E-state index contributed by atoms with van der Waals surface area (Å²) in [6, 6.07) is 3.88. The molecule has 2 heterocycles. The monoisotopic (exact) mass is 231 g/mol. The number of carboxylic acid groups (broad SMARTS) is 1. The number of hydrogen-bond donors (Lipinski definition) is 1. The van der Waals surface area contributed by atoms with Gasteiger partial charge in [-0.15, -0.1) is 0 Å². The molecule has 0 unspecified atom stereocenters. The van der Waals surface area contributed by atoms with Gasteiger partial charge in [-0.05, 0) is 31.0 Å². The fraction of sp³-hybridized carbons (Fsp3) is 0.250. The molecule has 0 aromatic carbocycles. The second kappa shape index (κ2) is 4.78. The van der Waals surface area contributed by atoms with Gasteiger partial charge in [0.25, 0.3) is 0 Å². The molecule has 0 saturated carbocycles. The molecule has 2 aromatic heterocycles. The molecule has 0 bridgehead atoms. The second-order valence-corrected chi connectivity index (χ2v) is 3.80. The summed E-state index contributed by atoms with van der Waals surface area (Å²) in [5.74, 6) is -0.933. The van der Waals surface area contributed by atoms with Crippen LogP contribution in [0, 0.1) is 6.92 Å². The topological polar surface area (TPSA) is 68.0 Å². The minimum atomic E-state index is -0.933. The van der Waals surface area contributed by atoms with Gasteiger partial charge < -0.3 is 5.11 Å². The summed E-state index contributed by atoms with van der Waals surface area (Å²) < 4.78 is 1.67. The van der Waals surface area contributed by atoms with E-state index in [1.807, 2.05) is 12.1 Å². The molecule has 0 atom stereocenters. The number of aromatic carboxylic acids is 1. The van der Waals surface area contributed by atoms with E-state index in [1.165, 1.54) is 0 Å². The summed E-state index contributed by atoms with van der Waals surface area (Å²) in [6.07, 6.45) is 5.86. The Morgan fingerprint density at radius 2 is 2.12 bits per heavy atom. The molecule has 2 aromatic rings. The van der Waals surface area contributed by atoms with Crippen LogP contribution >= 0.6 is 0 Å². The van der Waals surface area contributed by atoms with Crippen LogP contribution in [0.4, 0.5) is 0 Å². The number of carbonyl (C=O) groups is 1. The number of carboxylic acids is 1. The predicted octanol–water partition coefficient (Wildman–Crippen LogP) is 1.53. The van der Waals surface area contributed by atoms with Crippen LogP contribution in [0.1, 0.15) is 21.6 Å². The van der Waals surface area contributed by atoms with Crippen LogP contribution in [0.15, 0.2) is 30.7 Å². The maximum atomic E-state index is 10.8. The SMILES string of the molecule is Cc1nn(CCc2ccncc2)cc1C(=O)O. The lowest BCUT2D eigenvalue weighted by atomic mass is 10.2. The van der Waals surface area contributed by atoms with E-state index in [0.717, 1.165) is 12.0 Å². The zero-order valence-electron chi connectivity index (χ0n) is 9.50. The van der Waals surface area contributed by atoms with Gasteiger partial charge in [-0.1, -0.05) is 0 Å². The average molecular weight is 231 g/mol. The van der Waals surface area contributed by atoms with E-state index < -0.39 is 5.97 Å². The normalized spacial score (nSPS) is 10.4. The molecule has 0 aliphatic carbocycles. The first kappa shape index (κ1) is 11.3. The minimum absolute atomic E-state index is 0.264. The molecule has 17 heavy (non-hydrogen) atoms. The summed E-state index contributed by atoms with van der Waals surface area (Å²) in [7, 11) is 0. The third-order valence-electron chi connectivity index (χ3n) is 2.56. The quantitative estimate of drug-likeness (QED) is 0.866. The number of nitrogens with zero attached hydrogens (tertiary/aromatic N) is 3. The molecular formula is C12H13N3O2. The highest BCUT2D eigenvalue weighted by atomic mass is 16.4. The molecule has 0 amide bonds. The van der Waals surface area contributed by atoms with E-state index in [-0.39, 0.29) is 5.56 Å². The average Bonchev–Trinajstić information content (AvgIpc) is 2.69. The van der Waals surface area contributed by atoms with Crippen LogP contribution in [0.25, 0.3) is 0 Å². The van der Waals surface area contributed by atoms with Gasteiger partial charge in [-0.25, -0.2) is 4.79 Å². The summed E-state index contributed by atoms with van der Waals surface area (Å²) in [5, 5.41) is 13.1. The van der Waals surface area contributed by atoms with Crippen molar-refractivity contribution in [1.82, 2.24) is 14.8 Å². The van der Waals surface area contributed by atoms with E-state index >= 15 is 0 Å². The van der Waals surface area contributed by atoms with Crippen molar-refractivity contribution in [2.24, 2.45) is 0 Å². The number of pyridine rings is 1. The Labute approximate surface area is 98.7 Å². The summed E-state index contributed by atoms with van der Waals surface area (Å²) in [4.78, 5) is 14.8. The number of aryl methyl sites for hydroxylation is 3. The maximum absolute atomic E-state index is 10.8. The smallest absolute Gasteiger partial charge is 0.339 e. The van der Waals surface area contributed by atoms with Crippen molar-refractivity contribution in [1.29, 1.82) is 0 Å². The van der Waals surface area contributed by atoms with Crippen LogP contribution in [-0.2, 0) is 13.0 Å². The van der Waals surface area contributed by atoms with E-state index in [1.54, 1.807) is 30.2 Å². The van der Waals surface area contributed by atoms with Gasteiger partial charge in [0.05, 0.1) is 5.69 Å². The molecule has 88 valence electrons. The Morgan fingerprint density at radius 1 is 1.41 bits per heavy atom. The first-order chi connectivity index (χ1) is 8.16. The van der Waals surface area contributed by atoms with Gasteiger partial charge in [0, 0.05) is 25.1 Å².